The van der Waals surface area contributed by atoms with Crippen LogP contribution in [-0.2, 0) is 4.74 Å². The van der Waals surface area contributed by atoms with Gasteiger partial charge in [0.1, 0.15) is 17.6 Å². The number of nitrogens with one attached hydrogen (secondary N) is 1. The summed E-state index contributed by atoms with van der Waals surface area (Å²) in [6, 6.07) is 8.00. The first kappa shape index (κ1) is 17.1. The van der Waals surface area contributed by atoms with Gasteiger partial charge >= 0.3 is 6.09 Å². The average molecular weight is 370 g/mol. The summed E-state index contributed by atoms with van der Waals surface area (Å²) in [6.45, 7) is 1.87. The molecule has 0 radical (unpaired) electrons. The number of aryl methyl sites for hydroxylation is 1. The number of nitrogens with zero attached hydrogens (tertiary/aromatic N) is 3. The Hall–Kier alpha value is -3.29. The Kier molecular flexibility index (Phi) is 4.31. The van der Waals surface area contributed by atoms with Crippen molar-refractivity contribution in [3.05, 3.63) is 65.5 Å². The Bertz CT molecular complexity index is 991. The van der Waals surface area contributed by atoms with Gasteiger partial charge in [-0.15, -0.1) is 0 Å². The number of ether oxygens (including phenoxy) is 1. The van der Waals surface area contributed by atoms with Crippen LogP contribution in [0.2, 0.25) is 0 Å². The molecule has 1 fully saturated rings. The Balaban J connectivity index is 1.55. The minimum Gasteiger partial charge on any atom is -0.441 e. The summed E-state index contributed by atoms with van der Waals surface area (Å²) in [4.78, 5) is 17.4. The average Bonchev–Trinajstić information content (AvgIpc) is 3.06. The predicted molar refractivity (Wildman–Crippen MR) is 94.1 cm³/mol. The molecule has 3 heterocycles. The largest absolute Gasteiger partial charge is 0.441 e. The number of halogens is 2. The molecule has 0 bridgehead atoms. The van der Waals surface area contributed by atoms with Crippen LogP contribution in [-0.4, -0.2) is 27.8 Å². The Morgan fingerprint density at radius 2 is 2.00 bits per heavy atom. The highest BCUT2D eigenvalue weighted by Crippen LogP contribution is 2.33. The van der Waals surface area contributed by atoms with Crippen LogP contribution in [0.5, 0.6) is 0 Å². The lowest BCUT2D eigenvalue weighted by molar-refractivity contribution is 0.0834. The highest BCUT2D eigenvalue weighted by Gasteiger charge is 2.33. The fourth-order valence-electron chi connectivity index (χ4n) is 3.03. The van der Waals surface area contributed by atoms with E-state index in [1.807, 2.05) is 0 Å². The number of benzene rings is 1. The van der Waals surface area contributed by atoms with Crippen molar-refractivity contribution in [3.63, 3.8) is 0 Å². The molecule has 27 heavy (non-hydrogen) atoms. The lowest BCUT2D eigenvalue weighted by atomic mass is 10.0. The van der Waals surface area contributed by atoms with E-state index < -0.39 is 18.0 Å². The molecule has 1 unspecified atom stereocenters. The standard InChI is InChI=1S/C19H16F2N4O2/c1-11-2-3-13(10-14(11)20)15-6-9-25(19(26)27-15)18-16(21)17(23-24-18)12-4-7-22-8-5-12/h2-5,7-8,10,15H,6,9H2,1H3,(H,23,24). The molecule has 4 rings (SSSR count). The maximum atomic E-state index is 14.8. The fraction of sp³-hybridized carbons (Fsp3) is 0.211. The number of carbonyl (C=O) groups excluding carboxylic acids is 1. The lowest BCUT2D eigenvalue weighted by Gasteiger charge is -2.30. The van der Waals surface area contributed by atoms with E-state index in [1.54, 1.807) is 31.2 Å². The third-order valence-corrected chi connectivity index (χ3v) is 4.56. The van der Waals surface area contributed by atoms with Crippen molar-refractivity contribution in [3.8, 4) is 11.3 Å². The van der Waals surface area contributed by atoms with Gasteiger partial charge < -0.3 is 4.74 Å². The smallest absolute Gasteiger partial charge is 0.416 e. The molecule has 1 atom stereocenters. The first-order valence-corrected chi connectivity index (χ1v) is 8.43. The van der Waals surface area contributed by atoms with E-state index in [-0.39, 0.29) is 23.9 Å². The number of aromatic nitrogens is 3. The molecule has 0 aliphatic carbocycles. The van der Waals surface area contributed by atoms with Crippen molar-refractivity contribution < 1.29 is 18.3 Å². The third-order valence-electron chi connectivity index (χ3n) is 4.56. The fourth-order valence-corrected chi connectivity index (χ4v) is 3.03. The monoisotopic (exact) mass is 370 g/mol. The first-order valence-electron chi connectivity index (χ1n) is 8.43. The number of aromatic amines is 1. The number of hydrogen-bond donors (Lipinski definition) is 1. The van der Waals surface area contributed by atoms with Crippen LogP contribution in [0.4, 0.5) is 19.4 Å². The molecule has 2 aromatic heterocycles. The minimum atomic E-state index is -0.723. The number of cyclic esters (lactones) is 1. The third kappa shape index (κ3) is 3.14. The highest BCUT2D eigenvalue weighted by molar-refractivity contribution is 5.88. The molecule has 1 aliphatic rings. The van der Waals surface area contributed by atoms with E-state index in [1.165, 1.54) is 18.5 Å². The zero-order chi connectivity index (χ0) is 19.0. The van der Waals surface area contributed by atoms with Gasteiger partial charge in [-0.1, -0.05) is 12.1 Å². The van der Waals surface area contributed by atoms with Crippen LogP contribution in [0.3, 0.4) is 0 Å². The van der Waals surface area contributed by atoms with Gasteiger partial charge in [0.05, 0.1) is 0 Å². The van der Waals surface area contributed by atoms with E-state index in [2.05, 4.69) is 15.2 Å². The minimum absolute atomic E-state index is 0.125. The molecule has 6 nitrogen and oxygen atoms in total. The van der Waals surface area contributed by atoms with E-state index in [9.17, 15) is 13.6 Å². The van der Waals surface area contributed by atoms with Crippen LogP contribution >= 0.6 is 0 Å². The molecule has 1 saturated heterocycles. The van der Waals surface area contributed by atoms with Gasteiger partial charge in [0, 0.05) is 30.9 Å². The SMILES string of the molecule is Cc1ccc(C2CCN(c3n[nH]c(-c4ccncc4)c3F)C(=O)O2)cc1F. The maximum absolute atomic E-state index is 14.8. The topological polar surface area (TPSA) is 71.1 Å². The van der Waals surface area contributed by atoms with E-state index in [0.29, 0.717) is 23.1 Å². The Morgan fingerprint density at radius 1 is 1.22 bits per heavy atom. The summed E-state index contributed by atoms with van der Waals surface area (Å²) in [6.07, 6.45) is 2.17. The number of amides is 1. The molecular weight excluding hydrogens is 354 g/mol. The second kappa shape index (κ2) is 6.79. The van der Waals surface area contributed by atoms with E-state index in [0.717, 1.165) is 4.90 Å². The van der Waals surface area contributed by atoms with Gasteiger partial charge in [0.25, 0.3) is 0 Å². The molecule has 1 aromatic carbocycles. The van der Waals surface area contributed by atoms with Gasteiger partial charge in [0.15, 0.2) is 11.6 Å². The number of H-pyrrole nitrogens is 1. The van der Waals surface area contributed by atoms with Gasteiger partial charge in [-0.3, -0.25) is 15.0 Å². The molecule has 3 aromatic rings. The van der Waals surface area contributed by atoms with Crippen LogP contribution < -0.4 is 4.90 Å². The van der Waals surface area contributed by atoms with Crippen LogP contribution in [0, 0.1) is 18.6 Å². The van der Waals surface area contributed by atoms with Crippen molar-refractivity contribution in [2.75, 3.05) is 11.4 Å². The molecule has 1 aliphatic heterocycles. The second-order valence-electron chi connectivity index (χ2n) is 6.29. The Labute approximate surface area is 153 Å². The lowest BCUT2D eigenvalue weighted by Crippen LogP contribution is -2.39. The number of hydrogen-bond acceptors (Lipinski definition) is 4. The van der Waals surface area contributed by atoms with Crippen LogP contribution in [0.15, 0.2) is 42.7 Å². The van der Waals surface area contributed by atoms with Crippen molar-refractivity contribution in [1.29, 1.82) is 0 Å². The summed E-state index contributed by atoms with van der Waals surface area (Å²) in [7, 11) is 0. The molecule has 1 N–H and O–H groups in total. The zero-order valence-electron chi connectivity index (χ0n) is 14.4. The highest BCUT2D eigenvalue weighted by atomic mass is 19.1. The Morgan fingerprint density at radius 3 is 2.70 bits per heavy atom. The molecule has 8 heteroatoms. The van der Waals surface area contributed by atoms with Crippen molar-refractivity contribution in [1.82, 2.24) is 15.2 Å². The number of carbonyl (C=O) groups is 1. The summed E-state index contributed by atoms with van der Waals surface area (Å²) in [5.41, 5.74) is 1.83. The second-order valence-corrected chi connectivity index (χ2v) is 6.29. The van der Waals surface area contributed by atoms with Gasteiger partial charge in [-0.25, -0.2) is 13.6 Å². The normalized spacial score (nSPS) is 17.1. The van der Waals surface area contributed by atoms with Gasteiger partial charge in [0.2, 0.25) is 0 Å². The molecule has 0 saturated carbocycles. The summed E-state index contributed by atoms with van der Waals surface area (Å²) < 4.78 is 33.9. The van der Waals surface area contributed by atoms with E-state index >= 15 is 0 Å². The maximum Gasteiger partial charge on any atom is 0.416 e. The quantitative estimate of drug-likeness (QED) is 0.752. The van der Waals surface area contributed by atoms with Crippen molar-refractivity contribution >= 4 is 11.9 Å². The van der Waals surface area contributed by atoms with Crippen molar-refractivity contribution in [2.24, 2.45) is 0 Å². The van der Waals surface area contributed by atoms with Crippen LogP contribution in [0.25, 0.3) is 11.3 Å². The molecule has 138 valence electrons. The summed E-state index contributed by atoms with van der Waals surface area (Å²) in [5, 5.41) is 6.55. The van der Waals surface area contributed by atoms with Crippen LogP contribution in [0.1, 0.15) is 23.7 Å². The summed E-state index contributed by atoms with van der Waals surface area (Å²) >= 11 is 0. The predicted octanol–water partition coefficient (Wildman–Crippen LogP) is 4.15. The molecule has 1 amide bonds. The molecular formula is C19H16F2N4O2. The van der Waals surface area contributed by atoms with Gasteiger partial charge in [-0.05, 0) is 36.2 Å². The molecule has 0 spiro atoms. The first-order chi connectivity index (χ1) is 13.0. The number of pyridine rings is 1. The summed E-state index contributed by atoms with van der Waals surface area (Å²) in [5.74, 6) is -1.12. The van der Waals surface area contributed by atoms with E-state index in [4.69, 9.17) is 4.74 Å². The van der Waals surface area contributed by atoms with Gasteiger partial charge in [-0.2, -0.15) is 5.10 Å². The zero-order valence-corrected chi connectivity index (χ0v) is 14.4. The number of anilines is 1. The number of rotatable bonds is 3. The van der Waals surface area contributed by atoms with Crippen molar-refractivity contribution in [2.45, 2.75) is 19.4 Å².